The minimum Gasteiger partial charge on any atom is -0.491 e. The monoisotopic (exact) mass is 271 g/mol. The fourth-order valence-corrected chi connectivity index (χ4v) is 2.40. The van der Waals surface area contributed by atoms with Crippen LogP contribution in [-0.4, -0.2) is 12.5 Å². The molecule has 1 aliphatic heterocycles. The van der Waals surface area contributed by atoms with Crippen LogP contribution in [0.4, 0.5) is 4.39 Å². The molecule has 1 unspecified atom stereocenters. The summed E-state index contributed by atoms with van der Waals surface area (Å²) in [5, 5.41) is 2.93. The summed E-state index contributed by atoms with van der Waals surface area (Å²) in [7, 11) is 0. The highest BCUT2D eigenvalue weighted by Gasteiger charge is 2.25. The molecular weight excluding hydrogens is 257 g/mol. The Hall–Kier alpha value is -2.36. The van der Waals surface area contributed by atoms with Gasteiger partial charge in [0.2, 0.25) is 0 Å². The molecule has 0 radical (unpaired) electrons. The van der Waals surface area contributed by atoms with Gasteiger partial charge >= 0.3 is 0 Å². The van der Waals surface area contributed by atoms with E-state index in [1.54, 1.807) is 6.92 Å². The number of rotatable bonds is 2. The van der Waals surface area contributed by atoms with Gasteiger partial charge in [-0.25, -0.2) is 4.39 Å². The second kappa shape index (κ2) is 4.96. The van der Waals surface area contributed by atoms with Crippen LogP contribution in [0.1, 0.15) is 27.5 Å². The highest BCUT2D eigenvalue weighted by molar-refractivity contribution is 5.95. The number of hydrogen-bond donors (Lipinski definition) is 1. The third kappa shape index (κ3) is 2.25. The molecule has 20 heavy (non-hydrogen) atoms. The van der Waals surface area contributed by atoms with Crippen molar-refractivity contribution in [1.29, 1.82) is 0 Å². The first kappa shape index (κ1) is 12.7. The predicted octanol–water partition coefficient (Wildman–Crippen LogP) is 3.00. The van der Waals surface area contributed by atoms with Crippen LogP contribution in [0.5, 0.6) is 5.75 Å². The second-order valence-corrected chi connectivity index (χ2v) is 4.83. The summed E-state index contributed by atoms with van der Waals surface area (Å²) in [6.07, 6.45) is 0. The Balaban J connectivity index is 1.81. The molecule has 0 aromatic heterocycles. The molecule has 0 aliphatic carbocycles. The van der Waals surface area contributed by atoms with Gasteiger partial charge in [0.05, 0.1) is 6.04 Å². The Bertz CT molecular complexity index is 669. The van der Waals surface area contributed by atoms with Gasteiger partial charge in [-0.3, -0.25) is 4.79 Å². The molecule has 2 aromatic rings. The average Bonchev–Trinajstić information content (AvgIpc) is 2.82. The molecule has 0 saturated heterocycles. The highest BCUT2D eigenvalue weighted by Crippen LogP contribution is 2.31. The third-order valence-corrected chi connectivity index (χ3v) is 3.44. The van der Waals surface area contributed by atoms with Gasteiger partial charge in [-0.05, 0) is 36.8 Å². The maximum Gasteiger partial charge on any atom is 0.252 e. The second-order valence-electron chi connectivity index (χ2n) is 4.83. The van der Waals surface area contributed by atoms with Crippen molar-refractivity contribution in [1.82, 2.24) is 5.32 Å². The lowest BCUT2D eigenvalue weighted by molar-refractivity contribution is 0.0929. The third-order valence-electron chi connectivity index (χ3n) is 3.44. The lowest BCUT2D eigenvalue weighted by Crippen LogP contribution is -2.29. The molecule has 2 aromatic carbocycles. The Kier molecular flexibility index (Phi) is 3.14. The van der Waals surface area contributed by atoms with Crippen LogP contribution >= 0.6 is 0 Å². The first-order chi connectivity index (χ1) is 9.65. The van der Waals surface area contributed by atoms with Gasteiger partial charge in [0.25, 0.3) is 5.91 Å². The number of carbonyl (C=O) groups excluding carboxylic acids is 1. The number of nitrogens with one attached hydrogen (secondary N) is 1. The van der Waals surface area contributed by atoms with Crippen molar-refractivity contribution in [3.63, 3.8) is 0 Å². The van der Waals surface area contributed by atoms with E-state index in [0.717, 1.165) is 11.3 Å². The van der Waals surface area contributed by atoms with Gasteiger partial charge in [-0.1, -0.05) is 18.2 Å². The van der Waals surface area contributed by atoms with E-state index in [4.69, 9.17) is 4.74 Å². The summed E-state index contributed by atoms with van der Waals surface area (Å²) in [6.45, 7) is 2.14. The summed E-state index contributed by atoms with van der Waals surface area (Å²) in [4.78, 5) is 12.3. The number of hydrogen-bond acceptors (Lipinski definition) is 2. The SMILES string of the molecule is Cc1cc(F)ccc1C(=O)NC1COc2ccccc21. The van der Waals surface area contributed by atoms with Gasteiger partial charge in [0.15, 0.2) is 0 Å². The van der Waals surface area contributed by atoms with Crippen molar-refractivity contribution in [3.05, 3.63) is 65.0 Å². The van der Waals surface area contributed by atoms with E-state index in [2.05, 4.69) is 5.32 Å². The normalized spacial score (nSPS) is 16.4. The van der Waals surface area contributed by atoms with E-state index in [1.807, 2.05) is 24.3 Å². The van der Waals surface area contributed by atoms with Crippen LogP contribution in [0.2, 0.25) is 0 Å². The zero-order valence-electron chi connectivity index (χ0n) is 11.0. The molecule has 0 fully saturated rings. The Labute approximate surface area is 116 Å². The predicted molar refractivity (Wildman–Crippen MR) is 73.3 cm³/mol. The minimum atomic E-state index is -0.339. The molecular formula is C16H14FNO2. The summed E-state index contributed by atoms with van der Waals surface area (Å²) >= 11 is 0. The van der Waals surface area contributed by atoms with Crippen LogP contribution in [0.25, 0.3) is 0 Å². The van der Waals surface area contributed by atoms with Crippen molar-refractivity contribution in [3.8, 4) is 5.75 Å². The van der Waals surface area contributed by atoms with E-state index < -0.39 is 0 Å². The molecule has 1 aliphatic rings. The van der Waals surface area contributed by atoms with Gasteiger partial charge < -0.3 is 10.1 Å². The molecule has 1 heterocycles. The molecule has 0 bridgehead atoms. The maximum absolute atomic E-state index is 13.1. The van der Waals surface area contributed by atoms with Gasteiger partial charge in [-0.2, -0.15) is 0 Å². The van der Waals surface area contributed by atoms with Crippen molar-refractivity contribution in [2.24, 2.45) is 0 Å². The van der Waals surface area contributed by atoms with Crippen LogP contribution in [-0.2, 0) is 0 Å². The summed E-state index contributed by atoms with van der Waals surface area (Å²) in [6, 6.07) is 11.6. The zero-order valence-corrected chi connectivity index (χ0v) is 11.0. The summed E-state index contributed by atoms with van der Waals surface area (Å²) < 4.78 is 18.6. The maximum atomic E-state index is 13.1. The van der Waals surface area contributed by atoms with Crippen molar-refractivity contribution >= 4 is 5.91 Å². The summed E-state index contributed by atoms with van der Waals surface area (Å²) in [5.41, 5.74) is 2.08. The molecule has 1 atom stereocenters. The Morgan fingerprint density at radius 1 is 1.30 bits per heavy atom. The lowest BCUT2D eigenvalue weighted by Gasteiger charge is -2.13. The fraction of sp³-hybridized carbons (Fsp3) is 0.188. The Morgan fingerprint density at radius 3 is 2.90 bits per heavy atom. The number of para-hydroxylation sites is 1. The lowest BCUT2D eigenvalue weighted by atomic mass is 10.1. The molecule has 102 valence electrons. The van der Waals surface area contributed by atoms with E-state index in [-0.39, 0.29) is 17.8 Å². The molecule has 0 saturated carbocycles. The number of carbonyl (C=O) groups is 1. The van der Waals surface area contributed by atoms with E-state index >= 15 is 0 Å². The number of aryl methyl sites for hydroxylation is 1. The van der Waals surface area contributed by atoms with E-state index in [0.29, 0.717) is 17.7 Å². The molecule has 1 amide bonds. The molecule has 4 heteroatoms. The number of fused-ring (bicyclic) bond motifs is 1. The minimum absolute atomic E-state index is 0.164. The standard InChI is InChI=1S/C16H14FNO2/c1-10-8-11(17)6-7-12(10)16(19)18-14-9-20-15-5-3-2-4-13(14)15/h2-8,14H,9H2,1H3,(H,18,19). The smallest absolute Gasteiger partial charge is 0.252 e. The van der Waals surface area contributed by atoms with Gasteiger partial charge in [0.1, 0.15) is 18.2 Å². The first-order valence-corrected chi connectivity index (χ1v) is 6.44. The van der Waals surface area contributed by atoms with Crippen LogP contribution < -0.4 is 10.1 Å². The largest absolute Gasteiger partial charge is 0.491 e. The average molecular weight is 271 g/mol. The van der Waals surface area contributed by atoms with Crippen LogP contribution in [0.15, 0.2) is 42.5 Å². The zero-order chi connectivity index (χ0) is 14.1. The first-order valence-electron chi connectivity index (χ1n) is 6.44. The molecule has 3 nitrogen and oxygen atoms in total. The quantitative estimate of drug-likeness (QED) is 0.911. The number of halogens is 1. The molecule has 1 N–H and O–H groups in total. The van der Waals surface area contributed by atoms with E-state index in [9.17, 15) is 9.18 Å². The van der Waals surface area contributed by atoms with E-state index in [1.165, 1.54) is 18.2 Å². The molecule has 3 rings (SSSR count). The Morgan fingerprint density at radius 2 is 2.10 bits per heavy atom. The van der Waals surface area contributed by atoms with Gasteiger partial charge in [-0.15, -0.1) is 0 Å². The number of amides is 1. The molecule has 0 spiro atoms. The number of ether oxygens (including phenoxy) is 1. The van der Waals surface area contributed by atoms with Crippen LogP contribution in [0, 0.1) is 12.7 Å². The van der Waals surface area contributed by atoms with Crippen LogP contribution in [0.3, 0.4) is 0 Å². The number of benzene rings is 2. The van der Waals surface area contributed by atoms with Gasteiger partial charge in [0, 0.05) is 11.1 Å². The highest BCUT2D eigenvalue weighted by atomic mass is 19.1. The fourth-order valence-electron chi connectivity index (χ4n) is 2.40. The topological polar surface area (TPSA) is 38.3 Å². The van der Waals surface area contributed by atoms with Crippen molar-refractivity contribution < 1.29 is 13.9 Å². The van der Waals surface area contributed by atoms with Crippen molar-refractivity contribution in [2.45, 2.75) is 13.0 Å². The van der Waals surface area contributed by atoms with Crippen molar-refractivity contribution in [2.75, 3.05) is 6.61 Å². The summed E-state index contributed by atoms with van der Waals surface area (Å²) in [5.74, 6) is 0.245.